The average molecular weight is 547 g/mol. The van der Waals surface area contributed by atoms with E-state index in [1.165, 1.54) is 13.0 Å². The van der Waals surface area contributed by atoms with E-state index in [1.54, 1.807) is 29.2 Å². The van der Waals surface area contributed by atoms with Crippen LogP contribution in [0, 0.1) is 11.8 Å². The topological polar surface area (TPSA) is 134 Å². The van der Waals surface area contributed by atoms with Gasteiger partial charge in [-0.05, 0) is 42.9 Å². The number of amides is 4. The molecule has 206 valence electrons. The molecule has 38 heavy (non-hydrogen) atoms. The van der Waals surface area contributed by atoms with Crippen molar-refractivity contribution < 1.29 is 28.7 Å². The number of rotatable bonds is 11. The lowest BCUT2D eigenvalue weighted by atomic mass is 9.83. The van der Waals surface area contributed by atoms with Crippen LogP contribution in [-0.4, -0.2) is 65.2 Å². The third-order valence-electron chi connectivity index (χ3n) is 6.92. The van der Waals surface area contributed by atoms with Gasteiger partial charge in [-0.3, -0.25) is 14.4 Å². The lowest BCUT2D eigenvalue weighted by Crippen LogP contribution is -2.68. The molecule has 0 aliphatic carbocycles. The highest BCUT2D eigenvalue weighted by Gasteiger charge is 2.53. The van der Waals surface area contributed by atoms with E-state index in [9.17, 15) is 24.0 Å². The van der Waals surface area contributed by atoms with Crippen molar-refractivity contribution in [2.45, 2.75) is 63.8 Å². The average Bonchev–Trinajstić information content (AvgIpc) is 3.16. The molecule has 1 spiro atoms. The van der Waals surface area contributed by atoms with Crippen LogP contribution in [0.4, 0.5) is 4.79 Å². The Morgan fingerprint density at radius 2 is 2.05 bits per heavy atom. The largest absolute Gasteiger partial charge is 0.445 e. The van der Waals surface area contributed by atoms with Gasteiger partial charge in [0, 0.05) is 31.0 Å². The molecule has 2 aliphatic rings. The smallest absolute Gasteiger partial charge is 0.408 e. The summed E-state index contributed by atoms with van der Waals surface area (Å²) in [6.45, 7) is 9.80. The van der Waals surface area contributed by atoms with Gasteiger partial charge in [0.25, 0.3) is 0 Å². The molecule has 10 nitrogen and oxygen atoms in total. The van der Waals surface area contributed by atoms with Gasteiger partial charge in [-0.2, -0.15) is 0 Å². The van der Waals surface area contributed by atoms with Crippen molar-refractivity contribution in [2.75, 3.05) is 13.1 Å². The van der Waals surface area contributed by atoms with Gasteiger partial charge in [-0.1, -0.05) is 43.7 Å². The van der Waals surface area contributed by atoms with E-state index in [0.29, 0.717) is 36.4 Å². The van der Waals surface area contributed by atoms with Gasteiger partial charge in [0.1, 0.15) is 18.4 Å². The number of nitrogens with one attached hydrogen (secondary N) is 3. The number of hydrogen-bond donors (Lipinski definition) is 3. The molecule has 3 unspecified atom stereocenters. The summed E-state index contributed by atoms with van der Waals surface area (Å²) in [4.78, 5) is 63.8. The lowest BCUT2D eigenvalue weighted by Gasteiger charge is -2.47. The summed E-state index contributed by atoms with van der Waals surface area (Å²) in [5, 5.41) is 8.75. The van der Waals surface area contributed by atoms with Crippen molar-refractivity contribution in [2.24, 2.45) is 11.8 Å². The van der Waals surface area contributed by atoms with Crippen LogP contribution < -0.4 is 16.0 Å². The standard InChI is InChI=1S/C27H35ClN4O6/c1-5-27(11-17(2)3,31-25(37)38-14-19-7-6-8-21(28)9-19)24(36)29-22(13-33)10-20-12-26(30-23(20)35)15-32(16-26)18(4)34/h5-9,13,17,20,22H,1,10-12,14-16H2,2-4H3,(H,29,36)(H,30,35)(H,31,37). The molecule has 4 amide bonds. The Labute approximate surface area is 227 Å². The number of alkyl carbamates (subject to hydrolysis) is 1. The van der Waals surface area contributed by atoms with Gasteiger partial charge in [-0.15, -0.1) is 6.58 Å². The molecular formula is C27H35ClN4O6. The third-order valence-corrected chi connectivity index (χ3v) is 7.15. The first-order valence-electron chi connectivity index (χ1n) is 12.6. The van der Waals surface area contributed by atoms with E-state index in [1.807, 2.05) is 13.8 Å². The maximum atomic E-state index is 13.4. The maximum absolute atomic E-state index is 13.4. The number of likely N-dealkylation sites (tertiary alicyclic amines) is 1. The monoisotopic (exact) mass is 546 g/mol. The van der Waals surface area contributed by atoms with E-state index in [0.717, 1.165) is 0 Å². The highest BCUT2D eigenvalue weighted by molar-refractivity contribution is 6.30. The Morgan fingerprint density at radius 1 is 1.34 bits per heavy atom. The second kappa shape index (κ2) is 12.0. The fraction of sp³-hybridized carbons (Fsp3) is 0.519. The van der Waals surface area contributed by atoms with E-state index in [2.05, 4.69) is 22.5 Å². The molecule has 2 heterocycles. The third kappa shape index (κ3) is 6.92. The molecule has 2 saturated heterocycles. The zero-order valence-electron chi connectivity index (χ0n) is 21.9. The number of aldehydes is 1. The lowest BCUT2D eigenvalue weighted by molar-refractivity contribution is -0.138. The fourth-order valence-electron chi connectivity index (χ4n) is 5.10. The van der Waals surface area contributed by atoms with Gasteiger partial charge < -0.3 is 30.4 Å². The number of carbonyl (C=O) groups excluding carboxylic acids is 5. The predicted molar refractivity (Wildman–Crippen MR) is 141 cm³/mol. The van der Waals surface area contributed by atoms with Crippen LogP contribution in [0.2, 0.25) is 5.02 Å². The minimum absolute atomic E-state index is 0.0232. The first-order valence-corrected chi connectivity index (χ1v) is 13.0. The Hall–Kier alpha value is -3.40. The van der Waals surface area contributed by atoms with E-state index in [4.69, 9.17) is 16.3 Å². The van der Waals surface area contributed by atoms with Crippen molar-refractivity contribution >= 4 is 41.7 Å². The molecule has 0 bridgehead atoms. The van der Waals surface area contributed by atoms with Crippen LogP contribution in [-0.2, 0) is 30.5 Å². The van der Waals surface area contributed by atoms with E-state index < -0.39 is 35.0 Å². The second-order valence-electron chi connectivity index (χ2n) is 10.6. The van der Waals surface area contributed by atoms with Gasteiger partial charge in [0.2, 0.25) is 17.7 Å². The molecule has 1 aromatic rings. The first-order chi connectivity index (χ1) is 17.9. The normalized spacial score (nSPS) is 20.1. The maximum Gasteiger partial charge on any atom is 0.408 e. The highest BCUT2D eigenvalue weighted by atomic mass is 35.5. The van der Waals surface area contributed by atoms with Crippen LogP contribution in [0.15, 0.2) is 36.9 Å². The molecular weight excluding hydrogens is 512 g/mol. The summed E-state index contributed by atoms with van der Waals surface area (Å²) < 4.78 is 5.31. The Balaban J connectivity index is 1.64. The second-order valence-corrected chi connectivity index (χ2v) is 11.0. The summed E-state index contributed by atoms with van der Waals surface area (Å²) in [6, 6.07) is 5.88. The highest BCUT2D eigenvalue weighted by Crippen LogP contribution is 2.35. The predicted octanol–water partition coefficient (Wildman–Crippen LogP) is 2.35. The number of halogens is 1. The molecule has 0 aromatic heterocycles. The number of ether oxygens (including phenoxy) is 1. The molecule has 1 aromatic carbocycles. The molecule has 2 fully saturated rings. The SMILES string of the molecule is C=CC(CC(C)C)(NC(=O)OCc1cccc(Cl)c1)C(=O)NC(C=O)CC1CC2(CN(C(C)=O)C2)NC1=O. The number of benzene rings is 1. The van der Waals surface area contributed by atoms with Crippen LogP contribution >= 0.6 is 11.6 Å². The number of carbonyl (C=O) groups is 5. The zero-order chi connectivity index (χ0) is 28.1. The quantitative estimate of drug-likeness (QED) is 0.288. The molecule has 3 rings (SSSR count). The Bertz CT molecular complexity index is 1100. The number of nitrogens with zero attached hydrogens (tertiary/aromatic N) is 1. The van der Waals surface area contributed by atoms with Gasteiger partial charge in [0.15, 0.2) is 0 Å². The Kier molecular flexibility index (Phi) is 9.19. The van der Waals surface area contributed by atoms with E-state index in [-0.39, 0.29) is 37.2 Å². The van der Waals surface area contributed by atoms with Crippen molar-refractivity contribution in [3.05, 3.63) is 47.5 Å². The summed E-state index contributed by atoms with van der Waals surface area (Å²) >= 11 is 5.97. The summed E-state index contributed by atoms with van der Waals surface area (Å²) in [6.07, 6.45) is 1.83. The van der Waals surface area contributed by atoms with Crippen LogP contribution in [0.5, 0.6) is 0 Å². The van der Waals surface area contributed by atoms with Crippen molar-refractivity contribution in [1.82, 2.24) is 20.9 Å². The molecule has 3 atom stereocenters. The molecule has 0 saturated carbocycles. The van der Waals surface area contributed by atoms with Crippen molar-refractivity contribution in [1.29, 1.82) is 0 Å². The summed E-state index contributed by atoms with van der Waals surface area (Å²) in [7, 11) is 0. The molecule has 2 aliphatic heterocycles. The molecule has 11 heteroatoms. The van der Waals surface area contributed by atoms with Crippen molar-refractivity contribution in [3.8, 4) is 0 Å². The minimum Gasteiger partial charge on any atom is -0.445 e. The molecule has 3 N–H and O–H groups in total. The first kappa shape index (κ1) is 29.2. The van der Waals surface area contributed by atoms with Crippen LogP contribution in [0.1, 0.15) is 45.6 Å². The fourth-order valence-corrected chi connectivity index (χ4v) is 5.31. The summed E-state index contributed by atoms with van der Waals surface area (Å²) in [5.74, 6) is -1.43. The molecule has 0 radical (unpaired) electrons. The van der Waals surface area contributed by atoms with E-state index >= 15 is 0 Å². The van der Waals surface area contributed by atoms with Gasteiger partial charge >= 0.3 is 6.09 Å². The van der Waals surface area contributed by atoms with Gasteiger partial charge in [-0.25, -0.2) is 4.79 Å². The van der Waals surface area contributed by atoms with Crippen molar-refractivity contribution in [3.63, 3.8) is 0 Å². The number of hydrogen-bond acceptors (Lipinski definition) is 6. The van der Waals surface area contributed by atoms with Crippen LogP contribution in [0.25, 0.3) is 0 Å². The minimum atomic E-state index is -1.55. The summed E-state index contributed by atoms with van der Waals surface area (Å²) in [5.41, 5.74) is -1.35. The van der Waals surface area contributed by atoms with Gasteiger partial charge in [0.05, 0.1) is 11.6 Å². The zero-order valence-corrected chi connectivity index (χ0v) is 22.7. The van der Waals surface area contributed by atoms with Crippen LogP contribution in [0.3, 0.4) is 0 Å². The Morgan fingerprint density at radius 3 is 2.63 bits per heavy atom.